The van der Waals surface area contributed by atoms with E-state index in [0.717, 1.165) is 50.9 Å². The number of aromatic nitrogens is 2. The lowest BCUT2D eigenvalue weighted by atomic mass is 10.1. The second-order valence-electron chi connectivity index (χ2n) is 7.68. The van der Waals surface area contributed by atoms with Crippen molar-refractivity contribution in [3.8, 4) is 0 Å². The Morgan fingerprint density at radius 1 is 1.21 bits per heavy atom. The van der Waals surface area contributed by atoms with Crippen molar-refractivity contribution in [2.24, 2.45) is 4.99 Å². The third-order valence-electron chi connectivity index (χ3n) is 5.67. The van der Waals surface area contributed by atoms with Gasteiger partial charge in [-0.15, -0.1) is 0 Å². The minimum absolute atomic E-state index is 0.682. The molecule has 0 atom stereocenters. The molecule has 29 heavy (non-hydrogen) atoms. The summed E-state index contributed by atoms with van der Waals surface area (Å²) >= 11 is 0. The summed E-state index contributed by atoms with van der Waals surface area (Å²) in [6.45, 7) is 12.7. The molecule has 0 aliphatic carbocycles. The number of hydrogen-bond acceptors (Lipinski definition) is 4. The third-order valence-corrected chi connectivity index (χ3v) is 5.67. The predicted molar refractivity (Wildman–Crippen MR) is 116 cm³/mol. The molecule has 1 saturated heterocycles. The Balaban J connectivity index is 1.41. The number of benzene rings is 1. The number of aryl methyl sites for hydroxylation is 2. The van der Waals surface area contributed by atoms with Crippen LogP contribution in [0, 0.1) is 13.8 Å². The van der Waals surface area contributed by atoms with Crippen LogP contribution in [0.5, 0.6) is 0 Å². The second-order valence-corrected chi connectivity index (χ2v) is 7.68. The summed E-state index contributed by atoms with van der Waals surface area (Å²) < 4.78 is 4.94. The first kappa shape index (κ1) is 19.5. The van der Waals surface area contributed by atoms with Crippen molar-refractivity contribution in [2.75, 3.05) is 32.7 Å². The highest BCUT2D eigenvalue weighted by Gasteiger charge is 2.20. The average molecular weight is 395 g/mol. The van der Waals surface area contributed by atoms with E-state index in [2.05, 4.69) is 64.2 Å². The molecule has 0 radical (unpaired) electrons. The van der Waals surface area contributed by atoms with Crippen LogP contribution in [-0.4, -0.2) is 58.6 Å². The van der Waals surface area contributed by atoms with Crippen LogP contribution in [0.15, 0.2) is 40.0 Å². The highest BCUT2D eigenvalue weighted by Crippen LogP contribution is 2.22. The number of fused-ring (bicyclic) bond motifs is 1. The molecule has 3 heterocycles. The molecule has 7 nitrogen and oxygen atoms in total. The van der Waals surface area contributed by atoms with E-state index < -0.39 is 0 Å². The summed E-state index contributed by atoms with van der Waals surface area (Å²) in [5.41, 5.74) is 5.98. The second kappa shape index (κ2) is 8.69. The summed E-state index contributed by atoms with van der Waals surface area (Å²) in [5, 5.41) is 8.77. The Kier molecular flexibility index (Phi) is 5.85. The first-order chi connectivity index (χ1) is 14.1. The smallest absolute Gasteiger partial charge is 0.194 e. The fourth-order valence-corrected chi connectivity index (χ4v) is 3.86. The topological polar surface area (TPSA) is 72.7 Å². The largest absolute Gasteiger partial charge is 0.364 e. The Labute approximate surface area is 171 Å². The minimum atomic E-state index is 0.682. The summed E-state index contributed by atoms with van der Waals surface area (Å²) in [6.07, 6.45) is 1.63. The Hall–Kier alpha value is -2.80. The van der Waals surface area contributed by atoms with Crippen molar-refractivity contribution in [3.05, 3.63) is 53.0 Å². The Morgan fingerprint density at radius 3 is 2.76 bits per heavy atom. The molecule has 4 rings (SSSR count). The van der Waals surface area contributed by atoms with Crippen LogP contribution < -0.4 is 5.32 Å². The lowest BCUT2D eigenvalue weighted by Gasteiger charge is -2.36. The number of nitrogens with one attached hydrogen (secondary N) is 2. The van der Waals surface area contributed by atoms with Crippen LogP contribution in [-0.2, 0) is 13.1 Å². The van der Waals surface area contributed by atoms with Crippen molar-refractivity contribution >= 4 is 16.9 Å². The van der Waals surface area contributed by atoms with Crippen LogP contribution >= 0.6 is 0 Å². The molecule has 0 unspecified atom stereocenters. The molecule has 7 heteroatoms. The molecular weight excluding hydrogens is 364 g/mol. The molecule has 0 saturated carbocycles. The van der Waals surface area contributed by atoms with Crippen LogP contribution in [0.3, 0.4) is 0 Å². The number of piperazine rings is 1. The first-order valence-corrected chi connectivity index (χ1v) is 10.4. The summed E-state index contributed by atoms with van der Waals surface area (Å²) in [7, 11) is 0. The normalized spacial score (nSPS) is 16.0. The molecule has 3 aromatic rings. The van der Waals surface area contributed by atoms with Gasteiger partial charge in [-0.3, -0.25) is 4.90 Å². The maximum absolute atomic E-state index is 4.94. The maximum atomic E-state index is 4.94. The number of aromatic amines is 1. The fourth-order valence-electron chi connectivity index (χ4n) is 3.86. The van der Waals surface area contributed by atoms with Gasteiger partial charge in [0.05, 0.1) is 12.2 Å². The monoisotopic (exact) mass is 394 g/mol. The molecule has 2 N–H and O–H groups in total. The van der Waals surface area contributed by atoms with E-state index >= 15 is 0 Å². The SMILES string of the molecule is CCNC(=NCc1ccc2[nH]c(C)c(C)c2c1)N1CCN(Cc2ccon2)CC1. The van der Waals surface area contributed by atoms with Gasteiger partial charge in [0.1, 0.15) is 6.26 Å². The standard InChI is InChI=1S/C22H30N6O/c1-4-23-22(28-10-8-27(9-11-28)15-19-7-12-29-26-19)24-14-18-5-6-21-20(13-18)16(2)17(3)25-21/h5-7,12-13,25H,4,8-11,14-15H2,1-3H3,(H,23,24). The van der Waals surface area contributed by atoms with E-state index in [4.69, 9.17) is 9.52 Å². The van der Waals surface area contributed by atoms with Crippen molar-refractivity contribution < 1.29 is 4.52 Å². The van der Waals surface area contributed by atoms with E-state index in [-0.39, 0.29) is 0 Å². The van der Waals surface area contributed by atoms with Gasteiger partial charge in [0.2, 0.25) is 0 Å². The molecule has 154 valence electrons. The quantitative estimate of drug-likeness (QED) is 0.514. The maximum Gasteiger partial charge on any atom is 0.194 e. The van der Waals surface area contributed by atoms with Crippen molar-refractivity contribution in [3.63, 3.8) is 0 Å². The first-order valence-electron chi connectivity index (χ1n) is 10.4. The zero-order valence-electron chi connectivity index (χ0n) is 17.5. The third kappa shape index (κ3) is 4.45. The lowest BCUT2D eigenvalue weighted by Crippen LogP contribution is -2.52. The molecule has 2 aromatic heterocycles. The Bertz CT molecular complexity index is 967. The van der Waals surface area contributed by atoms with Gasteiger partial charge in [0.15, 0.2) is 5.96 Å². The average Bonchev–Trinajstić information content (AvgIpc) is 3.34. The Morgan fingerprint density at radius 2 is 2.03 bits per heavy atom. The zero-order chi connectivity index (χ0) is 20.2. The van der Waals surface area contributed by atoms with Crippen molar-refractivity contribution in [1.82, 2.24) is 25.3 Å². The number of hydrogen-bond donors (Lipinski definition) is 2. The van der Waals surface area contributed by atoms with Gasteiger partial charge in [-0.2, -0.15) is 0 Å². The van der Waals surface area contributed by atoms with Gasteiger partial charge in [-0.05, 0) is 44.0 Å². The number of nitrogens with zero attached hydrogens (tertiary/aromatic N) is 4. The molecular formula is C22H30N6O. The van der Waals surface area contributed by atoms with Crippen LogP contribution in [0.1, 0.15) is 29.4 Å². The summed E-state index contributed by atoms with van der Waals surface area (Å²) in [4.78, 5) is 13.1. The van der Waals surface area contributed by atoms with Crippen LogP contribution in [0.2, 0.25) is 0 Å². The van der Waals surface area contributed by atoms with Crippen LogP contribution in [0.25, 0.3) is 10.9 Å². The van der Waals surface area contributed by atoms with Gasteiger partial charge in [0, 0.05) is 61.9 Å². The van der Waals surface area contributed by atoms with Gasteiger partial charge >= 0.3 is 0 Å². The highest BCUT2D eigenvalue weighted by atomic mass is 16.5. The molecule has 0 amide bonds. The number of guanidine groups is 1. The number of aliphatic imine (C=N–C) groups is 1. The minimum Gasteiger partial charge on any atom is -0.364 e. The van der Waals surface area contributed by atoms with E-state index in [9.17, 15) is 0 Å². The van der Waals surface area contributed by atoms with Gasteiger partial charge in [-0.25, -0.2) is 4.99 Å². The fraction of sp³-hybridized carbons (Fsp3) is 0.455. The van der Waals surface area contributed by atoms with Gasteiger partial charge in [-0.1, -0.05) is 11.2 Å². The molecule has 0 bridgehead atoms. The van der Waals surface area contributed by atoms with E-state index in [1.54, 1.807) is 6.26 Å². The summed E-state index contributed by atoms with van der Waals surface area (Å²) in [5.74, 6) is 0.996. The molecule has 1 fully saturated rings. The lowest BCUT2D eigenvalue weighted by molar-refractivity contribution is 0.169. The molecule has 1 aliphatic rings. The zero-order valence-corrected chi connectivity index (χ0v) is 17.5. The van der Waals surface area contributed by atoms with E-state index in [0.29, 0.717) is 6.54 Å². The van der Waals surface area contributed by atoms with E-state index in [1.165, 1.54) is 27.7 Å². The molecule has 0 spiro atoms. The number of H-pyrrole nitrogens is 1. The van der Waals surface area contributed by atoms with E-state index in [1.807, 2.05) is 6.07 Å². The van der Waals surface area contributed by atoms with Crippen LogP contribution in [0.4, 0.5) is 0 Å². The number of rotatable bonds is 5. The predicted octanol–water partition coefficient (Wildman–Crippen LogP) is 3.06. The molecule has 1 aliphatic heterocycles. The van der Waals surface area contributed by atoms with Gasteiger partial charge < -0.3 is 19.7 Å². The van der Waals surface area contributed by atoms with Crippen molar-refractivity contribution in [1.29, 1.82) is 0 Å². The summed E-state index contributed by atoms with van der Waals surface area (Å²) in [6, 6.07) is 8.52. The highest BCUT2D eigenvalue weighted by molar-refractivity contribution is 5.85. The molecule has 1 aromatic carbocycles. The van der Waals surface area contributed by atoms with Crippen molar-refractivity contribution in [2.45, 2.75) is 33.9 Å². The van der Waals surface area contributed by atoms with Gasteiger partial charge in [0.25, 0.3) is 0 Å².